The molecule has 0 radical (unpaired) electrons. The molecule has 2 rings (SSSR count). The third-order valence-electron chi connectivity index (χ3n) is 3.24. The van der Waals surface area contributed by atoms with Crippen molar-refractivity contribution in [2.24, 2.45) is 5.92 Å². The monoisotopic (exact) mass is 290 g/mol. The van der Waals surface area contributed by atoms with Gasteiger partial charge in [0.1, 0.15) is 0 Å². The van der Waals surface area contributed by atoms with Crippen LogP contribution in [0.2, 0.25) is 0 Å². The van der Waals surface area contributed by atoms with E-state index in [0.717, 1.165) is 19.0 Å². The van der Waals surface area contributed by atoms with Gasteiger partial charge in [-0.3, -0.25) is 0 Å². The van der Waals surface area contributed by atoms with E-state index in [2.05, 4.69) is 67.3 Å². The molecule has 0 aliphatic carbocycles. The highest BCUT2D eigenvalue weighted by atomic mass is 35.7. The Kier molecular flexibility index (Phi) is 5.89. The lowest BCUT2D eigenvalue weighted by Gasteiger charge is -2.18. The summed E-state index contributed by atoms with van der Waals surface area (Å²) in [5.41, 5.74) is 2.83. The van der Waals surface area contributed by atoms with Gasteiger partial charge in [-0.1, -0.05) is 71.9 Å². The Morgan fingerprint density at radius 3 is 1.63 bits per heavy atom. The lowest BCUT2D eigenvalue weighted by Crippen LogP contribution is -2.11. The van der Waals surface area contributed by atoms with Gasteiger partial charge in [0.05, 0.1) is 0 Å². The molecule has 0 aliphatic rings. The fourth-order valence-corrected chi connectivity index (χ4v) is 4.01. The van der Waals surface area contributed by atoms with E-state index in [-0.39, 0.29) is 7.27 Å². The Morgan fingerprint density at radius 1 is 0.842 bits per heavy atom. The SMILES string of the molecule is CP(Cl)CC(Cc1ccccc1)Cc1ccccc1. The summed E-state index contributed by atoms with van der Waals surface area (Å²) in [6, 6.07) is 21.5. The number of hydrogen-bond acceptors (Lipinski definition) is 0. The summed E-state index contributed by atoms with van der Waals surface area (Å²) in [5, 5.41) is 0. The average Bonchev–Trinajstić information content (AvgIpc) is 2.40. The van der Waals surface area contributed by atoms with Crippen molar-refractivity contribution < 1.29 is 0 Å². The number of hydrogen-bond donors (Lipinski definition) is 0. The van der Waals surface area contributed by atoms with Crippen molar-refractivity contribution in [2.45, 2.75) is 12.8 Å². The molecule has 0 nitrogen and oxygen atoms in total. The van der Waals surface area contributed by atoms with Gasteiger partial charge < -0.3 is 0 Å². The highest BCUT2D eigenvalue weighted by Crippen LogP contribution is 2.39. The van der Waals surface area contributed by atoms with Gasteiger partial charge in [-0.15, -0.1) is 0 Å². The zero-order chi connectivity index (χ0) is 13.5. The van der Waals surface area contributed by atoms with Crippen LogP contribution in [0.15, 0.2) is 60.7 Å². The first-order chi connectivity index (χ1) is 9.24. The van der Waals surface area contributed by atoms with Gasteiger partial charge in [-0.2, -0.15) is 0 Å². The van der Waals surface area contributed by atoms with Gasteiger partial charge in [0.25, 0.3) is 0 Å². The Labute approximate surface area is 122 Å². The minimum Gasteiger partial charge on any atom is -0.0967 e. The topological polar surface area (TPSA) is 0 Å². The fourth-order valence-electron chi connectivity index (χ4n) is 2.45. The molecule has 0 N–H and O–H groups in total. The summed E-state index contributed by atoms with van der Waals surface area (Å²) in [6.07, 6.45) is 3.37. The molecular formula is C17H20ClP. The summed E-state index contributed by atoms with van der Waals surface area (Å²) in [7, 11) is -0.360. The second-order valence-corrected chi connectivity index (χ2v) is 8.34. The summed E-state index contributed by atoms with van der Waals surface area (Å²) < 4.78 is 0. The van der Waals surface area contributed by atoms with Gasteiger partial charge in [-0.05, 0) is 50.0 Å². The summed E-state index contributed by atoms with van der Waals surface area (Å²) in [6.45, 7) is 2.15. The van der Waals surface area contributed by atoms with E-state index in [0.29, 0.717) is 5.92 Å². The van der Waals surface area contributed by atoms with E-state index in [1.54, 1.807) is 0 Å². The second kappa shape index (κ2) is 7.68. The van der Waals surface area contributed by atoms with Crippen LogP contribution in [-0.4, -0.2) is 12.8 Å². The van der Waals surface area contributed by atoms with Crippen molar-refractivity contribution in [1.82, 2.24) is 0 Å². The predicted molar refractivity (Wildman–Crippen MR) is 87.3 cm³/mol. The Bertz CT molecular complexity index is 426. The van der Waals surface area contributed by atoms with E-state index < -0.39 is 0 Å². The first-order valence-corrected chi connectivity index (χ1v) is 9.56. The van der Waals surface area contributed by atoms with Crippen molar-refractivity contribution in [3.63, 3.8) is 0 Å². The molecule has 2 heteroatoms. The van der Waals surface area contributed by atoms with Crippen LogP contribution in [0.25, 0.3) is 0 Å². The highest BCUT2D eigenvalue weighted by molar-refractivity contribution is 7.83. The van der Waals surface area contributed by atoms with Crippen molar-refractivity contribution in [2.75, 3.05) is 12.8 Å². The number of rotatable bonds is 6. The summed E-state index contributed by atoms with van der Waals surface area (Å²) >= 11 is 6.27. The van der Waals surface area contributed by atoms with Crippen LogP contribution in [-0.2, 0) is 12.8 Å². The number of benzene rings is 2. The molecule has 2 aromatic rings. The third-order valence-corrected chi connectivity index (χ3v) is 4.68. The molecule has 2 aromatic carbocycles. The van der Waals surface area contributed by atoms with Crippen molar-refractivity contribution in [3.05, 3.63) is 71.8 Å². The molecule has 0 heterocycles. The van der Waals surface area contributed by atoms with Crippen molar-refractivity contribution >= 4 is 18.5 Å². The van der Waals surface area contributed by atoms with Crippen LogP contribution in [0.5, 0.6) is 0 Å². The highest BCUT2D eigenvalue weighted by Gasteiger charge is 2.13. The quantitative estimate of drug-likeness (QED) is 0.629. The predicted octanol–water partition coefficient (Wildman–Crippen LogP) is 5.35. The lowest BCUT2D eigenvalue weighted by atomic mass is 9.94. The average molecular weight is 291 g/mol. The van der Waals surface area contributed by atoms with Crippen LogP contribution in [0.3, 0.4) is 0 Å². The van der Waals surface area contributed by atoms with Crippen molar-refractivity contribution in [1.29, 1.82) is 0 Å². The van der Waals surface area contributed by atoms with E-state index in [9.17, 15) is 0 Å². The molecule has 0 fully saturated rings. The van der Waals surface area contributed by atoms with Gasteiger partial charge >= 0.3 is 0 Å². The van der Waals surface area contributed by atoms with Crippen LogP contribution < -0.4 is 0 Å². The third kappa shape index (κ3) is 5.35. The Balaban J connectivity index is 2.03. The first-order valence-electron chi connectivity index (χ1n) is 6.69. The van der Waals surface area contributed by atoms with Crippen molar-refractivity contribution in [3.8, 4) is 0 Å². The molecule has 0 saturated carbocycles. The molecule has 0 spiro atoms. The zero-order valence-corrected chi connectivity index (χ0v) is 12.9. The van der Waals surface area contributed by atoms with E-state index in [4.69, 9.17) is 11.2 Å². The number of halogens is 1. The molecule has 0 bridgehead atoms. The van der Waals surface area contributed by atoms with Gasteiger partial charge in [0.2, 0.25) is 0 Å². The van der Waals surface area contributed by atoms with Gasteiger partial charge in [-0.25, -0.2) is 0 Å². The maximum absolute atomic E-state index is 6.27. The molecule has 0 aromatic heterocycles. The standard InChI is InChI=1S/C17H20ClP/c1-19(18)14-17(12-15-8-4-2-5-9-15)13-16-10-6-3-7-11-16/h2-11,17H,12-14H2,1H3. The molecule has 1 unspecified atom stereocenters. The van der Waals surface area contributed by atoms with Crippen LogP contribution >= 0.6 is 18.5 Å². The van der Waals surface area contributed by atoms with Crippen LogP contribution in [0.4, 0.5) is 0 Å². The van der Waals surface area contributed by atoms with Gasteiger partial charge in [0.15, 0.2) is 0 Å². The molecule has 100 valence electrons. The molecule has 1 atom stereocenters. The Hall–Kier alpha value is -0.840. The minimum atomic E-state index is -0.360. The smallest absolute Gasteiger partial charge is 0.0126 e. The molecule has 19 heavy (non-hydrogen) atoms. The van der Waals surface area contributed by atoms with E-state index >= 15 is 0 Å². The van der Waals surface area contributed by atoms with Gasteiger partial charge in [0, 0.05) is 0 Å². The van der Waals surface area contributed by atoms with Crippen LogP contribution in [0, 0.1) is 5.92 Å². The molecule has 0 aliphatic heterocycles. The minimum absolute atomic E-state index is 0.360. The van der Waals surface area contributed by atoms with Crippen LogP contribution in [0.1, 0.15) is 11.1 Å². The maximum Gasteiger partial charge on any atom is -0.0126 e. The lowest BCUT2D eigenvalue weighted by molar-refractivity contribution is 0.585. The molecule has 0 saturated heterocycles. The fraction of sp³-hybridized carbons (Fsp3) is 0.294. The molecular weight excluding hydrogens is 271 g/mol. The van der Waals surface area contributed by atoms with E-state index in [1.807, 2.05) is 0 Å². The summed E-state index contributed by atoms with van der Waals surface area (Å²) in [4.78, 5) is 0. The maximum atomic E-state index is 6.27. The van der Waals surface area contributed by atoms with E-state index in [1.165, 1.54) is 11.1 Å². The summed E-state index contributed by atoms with van der Waals surface area (Å²) in [5.74, 6) is 0.637. The Morgan fingerprint density at radius 2 is 1.26 bits per heavy atom. The first kappa shape index (κ1) is 14.6. The second-order valence-electron chi connectivity index (χ2n) is 5.03. The largest absolute Gasteiger partial charge is 0.0967 e. The molecule has 0 amide bonds. The zero-order valence-electron chi connectivity index (χ0n) is 11.3. The normalized spacial score (nSPS) is 12.6.